The van der Waals surface area contributed by atoms with Crippen molar-refractivity contribution in [3.8, 4) is 0 Å². The van der Waals surface area contributed by atoms with E-state index in [0.29, 0.717) is 5.56 Å². The van der Waals surface area contributed by atoms with Gasteiger partial charge in [-0.1, -0.05) is 0 Å². The van der Waals surface area contributed by atoms with Crippen molar-refractivity contribution < 1.29 is 13.2 Å². The van der Waals surface area contributed by atoms with Gasteiger partial charge in [0.2, 0.25) is 0 Å². The molecule has 1 rings (SSSR count). The molecule has 0 fully saturated rings. The largest absolute Gasteiger partial charge is 0.418 e. The molecular weight excluding hydrogens is 270 g/mol. The van der Waals surface area contributed by atoms with E-state index in [9.17, 15) is 13.2 Å². The van der Waals surface area contributed by atoms with Crippen molar-refractivity contribution in [3.63, 3.8) is 0 Å². The smallest absolute Gasteiger partial charge is 0.264 e. The average molecular weight is 274 g/mol. The molecular formula is C7H4BrClF3N. The summed E-state index contributed by atoms with van der Waals surface area (Å²) in [5.41, 5.74) is -0.470. The van der Waals surface area contributed by atoms with Gasteiger partial charge >= 0.3 is 6.18 Å². The van der Waals surface area contributed by atoms with Gasteiger partial charge in [0.05, 0.1) is 11.4 Å². The Balaban J connectivity index is 3.24. The highest BCUT2D eigenvalue weighted by Crippen LogP contribution is 2.35. The van der Waals surface area contributed by atoms with E-state index in [1.54, 1.807) is 0 Å². The van der Waals surface area contributed by atoms with Gasteiger partial charge in [0.1, 0.15) is 0 Å². The minimum atomic E-state index is -4.39. The van der Waals surface area contributed by atoms with E-state index in [1.807, 2.05) is 0 Å². The molecule has 0 aromatic carbocycles. The van der Waals surface area contributed by atoms with E-state index in [2.05, 4.69) is 20.9 Å². The van der Waals surface area contributed by atoms with E-state index < -0.39 is 11.7 Å². The zero-order valence-electron chi connectivity index (χ0n) is 6.20. The fraction of sp³-hybridized carbons (Fsp3) is 0.286. The topological polar surface area (TPSA) is 12.9 Å². The van der Waals surface area contributed by atoms with Gasteiger partial charge in [0.15, 0.2) is 0 Å². The lowest BCUT2D eigenvalue weighted by atomic mass is 10.2. The number of halogens is 5. The summed E-state index contributed by atoms with van der Waals surface area (Å²) in [6, 6.07) is 0. The van der Waals surface area contributed by atoms with Crippen LogP contribution < -0.4 is 0 Å². The van der Waals surface area contributed by atoms with Crippen molar-refractivity contribution >= 4 is 27.5 Å². The molecule has 72 valence electrons. The summed E-state index contributed by atoms with van der Waals surface area (Å²) >= 11 is 8.25. The summed E-state index contributed by atoms with van der Waals surface area (Å²) < 4.78 is 36.7. The first-order valence-electron chi connectivity index (χ1n) is 3.22. The standard InChI is InChI=1S/C7H4BrClF3N/c8-6-4(1-9)2-13-3-5(6)7(10,11)12/h2-3H,1H2. The molecule has 0 aliphatic heterocycles. The Morgan fingerprint density at radius 2 is 2.00 bits per heavy atom. The van der Waals surface area contributed by atoms with Crippen LogP contribution in [0.5, 0.6) is 0 Å². The Labute approximate surface area is 86.0 Å². The zero-order valence-corrected chi connectivity index (χ0v) is 8.54. The van der Waals surface area contributed by atoms with Crippen molar-refractivity contribution in [2.75, 3.05) is 0 Å². The molecule has 1 nitrogen and oxygen atoms in total. The molecule has 0 aliphatic rings. The molecule has 0 radical (unpaired) electrons. The predicted molar refractivity (Wildman–Crippen MR) is 46.5 cm³/mol. The van der Waals surface area contributed by atoms with Gasteiger partial charge < -0.3 is 0 Å². The number of aromatic nitrogens is 1. The van der Waals surface area contributed by atoms with Gasteiger partial charge in [0.25, 0.3) is 0 Å². The summed E-state index contributed by atoms with van der Waals surface area (Å²) in [6.07, 6.45) is -2.33. The van der Waals surface area contributed by atoms with Crippen molar-refractivity contribution in [1.82, 2.24) is 4.98 Å². The van der Waals surface area contributed by atoms with Crippen molar-refractivity contribution in [1.29, 1.82) is 0 Å². The van der Waals surface area contributed by atoms with E-state index in [-0.39, 0.29) is 10.4 Å². The molecule has 0 N–H and O–H groups in total. The Morgan fingerprint density at radius 3 is 2.46 bits per heavy atom. The Hall–Kier alpha value is -0.290. The molecule has 13 heavy (non-hydrogen) atoms. The van der Waals surface area contributed by atoms with E-state index in [4.69, 9.17) is 11.6 Å². The van der Waals surface area contributed by atoms with Gasteiger partial charge in [-0.15, -0.1) is 11.6 Å². The highest BCUT2D eigenvalue weighted by Gasteiger charge is 2.34. The molecule has 0 spiro atoms. The van der Waals surface area contributed by atoms with Gasteiger partial charge in [-0.3, -0.25) is 4.98 Å². The third kappa shape index (κ3) is 2.34. The predicted octanol–water partition coefficient (Wildman–Crippen LogP) is 3.60. The maximum atomic E-state index is 12.3. The summed E-state index contributed by atoms with van der Waals surface area (Å²) in [6.45, 7) is 0. The molecule has 1 heterocycles. The maximum absolute atomic E-state index is 12.3. The fourth-order valence-corrected chi connectivity index (χ4v) is 1.71. The highest BCUT2D eigenvalue weighted by atomic mass is 79.9. The van der Waals surface area contributed by atoms with Crippen LogP contribution in [0.15, 0.2) is 16.9 Å². The Morgan fingerprint density at radius 1 is 1.38 bits per heavy atom. The number of alkyl halides is 4. The second-order valence-electron chi connectivity index (χ2n) is 2.29. The summed E-state index contributed by atoms with van der Waals surface area (Å²) in [4.78, 5) is 3.45. The first kappa shape index (κ1) is 10.8. The fourth-order valence-electron chi connectivity index (χ4n) is 0.779. The monoisotopic (exact) mass is 273 g/mol. The van der Waals surface area contributed by atoms with Crippen LogP contribution in [0, 0.1) is 0 Å². The molecule has 0 bridgehead atoms. The maximum Gasteiger partial charge on any atom is 0.418 e. The molecule has 6 heteroatoms. The number of hydrogen-bond acceptors (Lipinski definition) is 1. The van der Waals surface area contributed by atoms with Crippen LogP contribution in [0.4, 0.5) is 13.2 Å². The lowest BCUT2D eigenvalue weighted by Crippen LogP contribution is -2.07. The number of hydrogen-bond donors (Lipinski definition) is 0. The Bertz CT molecular complexity index is 313. The quantitative estimate of drug-likeness (QED) is 0.713. The lowest BCUT2D eigenvalue weighted by Gasteiger charge is -2.09. The first-order valence-corrected chi connectivity index (χ1v) is 4.55. The molecule has 0 saturated carbocycles. The molecule has 1 aromatic rings. The van der Waals surface area contributed by atoms with Crippen LogP contribution in [-0.2, 0) is 12.1 Å². The van der Waals surface area contributed by atoms with E-state index in [0.717, 1.165) is 6.20 Å². The lowest BCUT2D eigenvalue weighted by molar-refractivity contribution is -0.138. The van der Waals surface area contributed by atoms with Crippen molar-refractivity contribution in [2.24, 2.45) is 0 Å². The van der Waals surface area contributed by atoms with E-state index >= 15 is 0 Å². The van der Waals surface area contributed by atoms with Crippen LogP contribution in [0.2, 0.25) is 0 Å². The minimum Gasteiger partial charge on any atom is -0.264 e. The molecule has 0 atom stereocenters. The van der Waals surface area contributed by atoms with Crippen LogP contribution in [0.25, 0.3) is 0 Å². The van der Waals surface area contributed by atoms with Crippen molar-refractivity contribution in [2.45, 2.75) is 12.1 Å². The summed E-state index contributed by atoms with van der Waals surface area (Å²) in [5, 5.41) is 0. The summed E-state index contributed by atoms with van der Waals surface area (Å²) in [5.74, 6) is -0.00248. The molecule has 0 aliphatic carbocycles. The molecule has 0 saturated heterocycles. The zero-order chi connectivity index (χ0) is 10.1. The van der Waals surface area contributed by atoms with Crippen LogP contribution in [0.3, 0.4) is 0 Å². The van der Waals surface area contributed by atoms with Gasteiger partial charge in [-0.05, 0) is 15.9 Å². The van der Waals surface area contributed by atoms with Crippen LogP contribution >= 0.6 is 27.5 Å². The van der Waals surface area contributed by atoms with Crippen molar-refractivity contribution in [3.05, 3.63) is 28.0 Å². The third-order valence-electron chi connectivity index (χ3n) is 1.40. The van der Waals surface area contributed by atoms with Gasteiger partial charge in [0, 0.05) is 22.4 Å². The molecule has 0 unspecified atom stereocenters. The number of pyridine rings is 1. The highest BCUT2D eigenvalue weighted by molar-refractivity contribution is 9.10. The second-order valence-corrected chi connectivity index (χ2v) is 3.35. The average Bonchev–Trinajstić information content (AvgIpc) is 2.02. The van der Waals surface area contributed by atoms with E-state index in [1.165, 1.54) is 6.20 Å². The first-order chi connectivity index (χ1) is 5.96. The van der Waals surface area contributed by atoms with Crippen LogP contribution in [-0.4, -0.2) is 4.98 Å². The summed E-state index contributed by atoms with van der Waals surface area (Å²) in [7, 11) is 0. The SMILES string of the molecule is FC(F)(F)c1cncc(CCl)c1Br. The van der Waals surface area contributed by atoms with Gasteiger partial charge in [-0.25, -0.2) is 0 Å². The third-order valence-corrected chi connectivity index (χ3v) is 2.63. The van der Waals surface area contributed by atoms with Gasteiger partial charge in [-0.2, -0.15) is 13.2 Å². The van der Waals surface area contributed by atoms with Crippen LogP contribution in [0.1, 0.15) is 11.1 Å². The minimum absolute atomic E-state index is 0.00248. The molecule has 1 aromatic heterocycles. The number of nitrogens with zero attached hydrogens (tertiary/aromatic N) is 1. The second kappa shape index (κ2) is 3.84. The Kier molecular flexibility index (Phi) is 3.18. The number of rotatable bonds is 1. The normalized spacial score (nSPS) is 11.8. The molecule has 0 amide bonds.